The summed E-state index contributed by atoms with van der Waals surface area (Å²) in [5.41, 5.74) is 0. The van der Waals surface area contributed by atoms with Crippen molar-refractivity contribution in [2.45, 2.75) is 40.2 Å². The van der Waals surface area contributed by atoms with Crippen LogP contribution in [0.5, 0.6) is 0 Å². The molecule has 13 heavy (non-hydrogen) atoms. The van der Waals surface area contributed by atoms with E-state index in [1.807, 2.05) is 27.7 Å². The van der Waals surface area contributed by atoms with Gasteiger partial charge in [-0.1, -0.05) is 13.8 Å². The monoisotopic (exact) mass is 191 g/mol. The zero-order valence-electron chi connectivity index (χ0n) is 8.33. The molecule has 5 heteroatoms. The van der Waals surface area contributed by atoms with E-state index in [2.05, 4.69) is 10.1 Å². The van der Waals surface area contributed by atoms with E-state index in [1.54, 1.807) is 0 Å². The molecule has 0 aliphatic rings. The molecule has 0 unspecified atom stereocenters. The van der Waals surface area contributed by atoms with Crippen molar-refractivity contribution >= 4 is 0 Å². The van der Waals surface area contributed by atoms with Crippen LogP contribution in [0.4, 0.5) is 8.78 Å². The first-order valence-electron chi connectivity index (χ1n) is 4.30. The Morgan fingerprint density at radius 2 is 1.85 bits per heavy atom. The van der Waals surface area contributed by atoms with Crippen LogP contribution < -0.4 is 0 Å². The summed E-state index contributed by atoms with van der Waals surface area (Å²) in [6.45, 7) is 7.70. The molecule has 0 fully saturated rings. The smallest absolute Gasteiger partial charge is 0.250 e. The average Bonchev–Trinajstić information content (AvgIpc) is 2.56. The van der Waals surface area contributed by atoms with Gasteiger partial charge >= 0.3 is 0 Å². The fraction of sp³-hybridized carbons (Fsp3) is 0.750. The molecule has 0 atom stereocenters. The number of aromatic nitrogens is 3. The fourth-order valence-electron chi connectivity index (χ4n) is 0.637. The normalized spacial score (nSPS) is 10.2. The molecule has 0 aliphatic carbocycles. The molecular weight excluding hydrogens is 176 g/mol. The van der Waals surface area contributed by atoms with Crippen molar-refractivity contribution in [2.75, 3.05) is 0 Å². The van der Waals surface area contributed by atoms with Gasteiger partial charge in [0.05, 0.1) is 0 Å². The van der Waals surface area contributed by atoms with Gasteiger partial charge in [-0.05, 0) is 13.8 Å². The van der Waals surface area contributed by atoms with Crippen LogP contribution in [-0.2, 0) is 0 Å². The Hall–Kier alpha value is -1.00. The molecule has 0 saturated carbocycles. The third kappa shape index (κ3) is 3.48. The highest BCUT2D eigenvalue weighted by Crippen LogP contribution is 2.13. The topological polar surface area (TPSA) is 30.7 Å². The summed E-state index contributed by atoms with van der Waals surface area (Å²) in [5.74, 6) is -0.404. The summed E-state index contributed by atoms with van der Waals surface area (Å²) in [7, 11) is 0. The molecule has 0 aliphatic heterocycles. The Bertz CT molecular complexity index is 211. The van der Waals surface area contributed by atoms with Gasteiger partial charge in [0.1, 0.15) is 6.33 Å². The molecule has 76 valence electrons. The molecule has 3 nitrogen and oxygen atoms in total. The van der Waals surface area contributed by atoms with Crippen molar-refractivity contribution < 1.29 is 8.78 Å². The van der Waals surface area contributed by atoms with E-state index in [1.165, 1.54) is 11.0 Å². The van der Waals surface area contributed by atoms with Crippen LogP contribution >= 0.6 is 0 Å². The average molecular weight is 191 g/mol. The van der Waals surface area contributed by atoms with E-state index in [4.69, 9.17) is 0 Å². The highest BCUT2D eigenvalue weighted by molar-refractivity contribution is 4.83. The summed E-state index contributed by atoms with van der Waals surface area (Å²) in [6, 6.07) is 0.0787. The lowest BCUT2D eigenvalue weighted by Crippen LogP contribution is -2.01. The van der Waals surface area contributed by atoms with Crippen LogP contribution in [0.2, 0.25) is 0 Å². The second kappa shape index (κ2) is 5.61. The lowest BCUT2D eigenvalue weighted by Gasteiger charge is -2.01. The van der Waals surface area contributed by atoms with E-state index in [0.717, 1.165) is 0 Å². The number of hydrogen-bond acceptors (Lipinski definition) is 2. The molecular formula is C8H15F2N3. The van der Waals surface area contributed by atoms with Crippen molar-refractivity contribution in [1.82, 2.24) is 14.8 Å². The van der Waals surface area contributed by atoms with Gasteiger partial charge in [0.2, 0.25) is 5.82 Å². The van der Waals surface area contributed by atoms with E-state index in [0.29, 0.717) is 0 Å². The third-order valence-corrected chi connectivity index (χ3v) is 1.25. The summed E-state index contributed by atoms with van der Waals surface area (Å²) in [4.78, 5) is 3.44. The molecule has 1 aromatic rings. The van der Waals surface area contributed by atoms with Crippen LogP contribution in [0.3, 0.4) is 0 Å². The van der Waals surface area contributed by atoms with Crippen LogP contribution in [0.15, 0.2) is 6.33 Å². The van der Waals surface area contributed by atoms with Crippen molar-refractivity contribution in [3.63, 3.8) is 0 Å². The minimum atomic E-state index is -2.57. The predicted molar refractivity (Wildman–Crippen MR) is 46.7 cm³/mol. The van der Waals surface area contributed by atoms with Gasteiger partial charge in [0, 0.05) is 6.04 Å². The second-order valence-electron chi connectivity index (χ2n) is 2.48. The number of halogens is 2. The first-order chi connectivity index (χ1) is 6.11. The summed E-state index contributed by atoms with van der Waals surface area (Å²) in [5, 5.41) is 3.56. The van der Waals surface area contributed by atoms with Crippen LogP contribution in [0, 0.1) is 0 Å². The predicted octanol–water partition coefficient (Wildman–Crippen LogP) is 2.82. The maximum absolute atomic E-state index is 11.9. The highest BCUT2D eigenvalue weighted by atomic mass is 19.3. The standard InChI is InChI=1S/C6H9F2N3.C2H6/c1-4(2)11-3-9-6(10-11)5(7)8;1-2/h3-5H,1-2H3;1-2H3. The number of nitrogens with zero attached hydrogens (tertiary/aromatic N) is 3. The maximum Gasteiger partial charge on any atom is 0.299 e. The Morgan fingerprint density at radius 3 is 2.08 bits per heavy atom. The van der Waals surface area contributed by atoms with Gasteiger partial charge in [-0.15, -0.1) is 5.10 Å². The van der Waals surface area contributed by atoms with Crippen LogP contribution in [-0.4, -0.2) is 14.8 Å². The number of rotatable bonds is 2. The lowest BCUT2D eigenvalue weighted by molar-refractivity contribution is 0.139. The number of alkyl halides is 2. The van der Waals surface area contributed by atoms with Gasteiger partial charge in [-0.25, -0.2) is 18.4 Å². The van der Waals surface area contributed by atoms with E-state index < -0.39 is 12.2 Å². The van der Waals surface area contributed by atoms with Crippen molar-refractivity contribution in [2.24, 2.45) is 0 Å². The van der Waals surface area contributed by atoms with E-state index in [-0.39, 0.29) is 6.04 Å². The molecule has 0 amide bonds. The van der Waals surface area contributed by atoms with Gasteiger partial charge < -0.3 is 0 Å². The van der Waals surface area contributed by atoms with Crippen molar-refractivity contribution in [3.05, 3.63) is 12.2 Å². The molecule has 1 rings (SSSR count). The molecule has 1 aromatic heterocycles. The molecule has 0 N–H and O–H groups in total. The molecule has 1 heterocycles. The van der Waals surface area contributed by atoms with Gasteiger partial charge in [0.15, 0.2) is 0 Å². The number of hydrogen-bond donors (Lipinski definition) is 0. The molecule has 0 saturated heterocycles. The van der Waals surface area contributed by atoms with E-state index in [9.17, 15) is 8.78 Å². The van der Waals surface area contributed by atoms with E-state index >= 15 is 0 Å². The fourth-order valence-corrected chi connectivity index (χ4v) is 0.637. The summed E-state index contributed by atoms with van der Waals surface area (Å²) >= 11 is 0. The van der Waals surface area contributed by atoms with Gasteiger partial charge in [-0.2, -0.15) is 0 Å². The Kier molecular flexibility index (Phi) is 5.18. The molecule has 0 aromatic carbocycles. The van der Waals surface area contributed by atoms with Gasteiger partial charge in [0.25, 0.3) is 6.43 Å². The second-order valence-corrected chi connectivity index (χ2v) is 2.48. The Labute approximate surface area is 76.8 Å². The Balaban J connectivity index is 0.000000671. The van der Waals surface area contributed by atoms with Gasteiger partial charge in [-0.3, -0.25) is 0 Å². The quantitative estimate of drug-likeness (QED) is 0.719. The maximum atomic E-state index is 11.9. The zero-order chi connectivity index (χ0) is 10.4. The first kappa shape index (κ1) is 12.0. The van der Waals surface area contributed by atoms with Crippen LogP contribution in [0.25, 0.3) is 0 Å². The van der Waals surface area contributed by atoms with Crippen LogP contribution in [0.1, 0.15) is 46.0 Å². The van der Waals surface area contributed by atoms with Crippen molar-refractivity contribution in [3.8, 4) is 0 Å². The third-order valence-electron chi connectivity index (χ3n) is 1.25. The molecule has 0 radical (unpaired) electrons. The SMILES string of the molecule is CC.CC(C)n1cnc(C(F)F)n1. The molecule has 0 bridgehead atoms. The van der Waals surface area contributed by atoms with Crippen molar-refractivity contribution in [1.29, 1.82) is 0 Å². The summed E-state index contributed by atoms with van der Waals surface area (Å²) < 4.78 is 25.2. The molecule has 0 spiro atoms. The summed E-state index contributed by atoms with van der Waals surface area (Å²) in [6.07, 6.45) is -1.26. The largest absolute Gasteiger partial charge is 0.299 e. The highest BCUT2D eigenvalue weighted by Gasteiger charge is 2.12. The minimum absolute atomic E-state index is 0.0787. The minimum Gasteiger partial charge on any atom is -0.250 e. The lowest BCUT2D eigenvalue weighted by atomic mass is 10.4. The zero-order valence-corrected chi connectivity index (χ0v) is 8.33. The first-order valence-corrected chi connectivity index (χ1v) is 4.30. The Morgan fingerprint density at radius 1 is 1.31 bits per heavy atom.